The number of amides is 1. The van der Waals surface area contributed by atoms with Crippen LogP contribution in [0.5, 0.6) is 0 Å². The molecule has 2 aromatic rings. The summed E-state index contributed by atoms with van der Waals surface area (Å²) in [7, 11) is 0. The normalized spacial score (nSPS) is 18.3. The molecule has 0 bridgehead atoms. The molecule has 0 N–H and O–H groups in total. The monoisotopic (exact) mass is 417 g/mol. The Kier molecular flexibility index (Phi) is 6.37. The zero-order valence-corrected chi connectivity index (χ0v) is 17.7. The number of rotatable bonds is 5. The summed E-state index contributed by atoms with van der Waals surface area (Å²) in [4.78, 5) is 16.8. The first-order valence-corrected chi connectivity index (χ1v) is 11.4. The number of aromatic nitrogens is 3. The van der Waals surface area contributed by atoms with Gasteiger partial charge in [-0.2, -0.15) is 0 Å². The largest absolute Gasteiger partial charge is 0.368 e. The van der Waals surface area contributed by atoms with E-state index in [2.05, 4.69) is 19.7 Å². The molecule has 1 aromatic carbocycles. The molecule has 2 fully saturated rings. The molecule has 0 unspecified atom stereocenters. The van der Waals surface area contributed by atoms with Crippen LogP contribution in [0.4, 0.5) is 10.1 Å². The molecule has 0 atom stereocenters. The first-order valence-electron chi connectivity index (χ1n) is 10.4. The zero-order valence-electron chi connectivity index (χ0n) is 16.9. The van der Waals surface area contributed by atoms with Gasteiger partial charge in [0, 0.05) is 37.9 Å². The third-order valence-electron chi connectivity index (χ3n) is 5.92. The Morgan fingerprint density at radius 2 is 1.76 bits per heavy atom. The standard InChI is InChI=1S/C21H28FN5OS/c1-16-23-24-21(27(16)19-5-3-2-4-6-19)29-15-20(28)26-13-11-25(12-14-26)18-9-7-17(22)8-10-18/h7-10,19H,2-6,11-15H2,1H3. The highest BCUT2D eigenvalue weighted by atomic mass is 32.2. The summed E-state index contributed by atoms with van der Waals surface area (Å²) in [6, 6.07) is 7.02. The molecule has 1 saturated carbocycles. The summed E-state index contributed by atoms with van der Waals surface area (Å²) in [6.45, 7) is 4.90. The van der Waals surface area contributed by atoms with Gasteiger partial charge in [-0.3, -0.25) is 4.79 Å². The number of anilines is 1. The molecule has 1 amide bonds. The van der Waals surface area contributed by atoms with E-state index in [-0.39, 0.29) is 11.7 Å². The maximum absolute atomic E-state index is 13.1. The predicted molar refractivity (Wildman–Crippen MR) is 113 cm³/mol. The van der Waals surface area contributed by atoms with E-state index in [0.29, 0.717) is 24.9 Å². The second-order valence-electron chi connectivity index (χ2n) is 7.82. The topological polar surface area (TPSA) is 54.3 Å². The second kappa shape index (κ2) is 9.15. The predicted octanol–water partition coefficient (Wildman–Crippen LogP) is 3.67. The fraction of sp³-hybridized carbons (Fsp3) is 0.571. The van der Waals surface area contributed by atoms with E-state index in [1.165, 1.54) is 56.0 Å². The van der Waals surface area contributed by atoms with Crippen LogP contribution in [-0.2, 0) is 4.79 Å². The SMILES string of the molecule is Cc1nnc(SCC(=O)N2CCN(c3ccc(F)cc3)CC2)n1C1CCCCC1. The van der Waals surface area contributed by atoms with E-state index >= 15 is 0 Å². The molecule has 6 nitrogen and oxygen atoms in total. The third kappa shape index (κ3) is 4.74. The smallest absolute Gasteiger partial charge is 0.233 e. The molecule has 1 aromatic heterocycles. The lowest BCUT2D eigenvalue weighted by Crippen LogP contribution is -2.49. The van der Waals surface area contributed by atoms with Gasteiger partial charge in [0.05, 0.1) is 5.75 Å². The van der Waals surface area contributed by atoms with Crippen molar-refractivity contribution >= 4 is 23.4 Å². The van der Waals surface area contributed by atoms with Crippen LogP contribution in [0.15, 0.2) is 29.4 Å². The number of benzene rings is 1. The van der Waals surface area contributed by atoms with Crippen molar-refractivity contribution in [2.45, 2.75) is 50.2 Å². The molecule has 29 heavy (non-hydrogen) atoms. The number of nitrogens with zero attached hydrogens (tertiary/aromatic N) is 5. The molecule has 1 aliphatic carbocycles. The van der Waals surface area contributed by atoms with Crippen molar-refractivity contribution in [1.29, 1.82) is 0 Å². The van der Waals surface area contributed by atoms with Crippen molar-refractivity contribution < 1.29 is 9.18 Å². The van der Waals surface area contributed by atoms with Crippen LogP contribution in [-0.4, -0.2) is 57.5 Å². The Balaban J connectivity index is 1.30. The summed E-state index contributed by atoms with van der Waals surface area (Å²) < 4.78 is 15.3. The van der Waals surface area contributed by atoms with Crippen LogP contribution >= 0.6 is 11.8 Å². The van der Waals surface area contributed by atoms with Gasteiger partial charge in [-0.25, -0.2) is 4.39 Å². The Morgan fingerprint density at radius 3 is 2.45 bits per heavy atom. The van der Waals surface area contributed by atoms with E-state index in [1.807, 2.05) is 11.8 Å². The van der Waals surface area contributed by atoms with Crippen molar-refractivity contribution in [1.82, 2.24) is 19.7 Å². The quantitative estimate of drug-likeness (QED) is 0.695. The molecule has 1 saturated heterocycles. The van der Waals surface area contributed by atoms with E-state index in [4.69, 9.17) is 0 Å². The number of aryl methyl sites for hydroxylation is 1. The minimum absolute atomic E-state index is 0.143. The molecule has 8 heteroatoms. The highest BCUT2D eigenvalue weighted by Crippen LogP contribution is 2.32. The fourth-order valence-corrected chi connectivity index (χ4v) is 5.25. The van der Waals surface area contributed by atoms with Crippen LogP contribution in [0.25, 0.3) is 0 Å². The van der Waals surface area contributed by atoms with Gasteiger partial charge in [0.25, 0.3) is 0 Å². The van der Waals surface area contributed by atoms with Gasteiger partial charge >= 0.3 is 0 Å². The number of thioether (sulfide) groups is 1. The van der Waals surface area contributed by atoms with Crippen LogP contribution in [0.1, 0.15) is 44.0 Å². The van der Waals surface area contributed by atoms with Gasteiger partial charge in [-0.05, 0) is 44.0 Å². The molecule has 0 radical (unpaired) electrons. The summed E-state index contributed by atoms with van der Waals surface area (Å²) in [5.74, 6) is 1.25. The molecule has 156 valence electrons. The number of hydrogen-bond donors (Lipinski definition) is 0. The van der Waals surface area contributed by atoms with Gasteiger partial charge in [-0.15, -0.1) is 10.2 Å². The van der Waals surface area contributed by atoms with Crippen LogP contribution in [0, 0.1) is 12.7 Å². The van der Waals surface area contributed by atoms with Gasteiger partial charge in [0.1, 0.15) is 11.6 Å². The number of piperazine rings is 1. The average Bonchev–Trinajstić information content (AvgIpc) is 3.13. The number of halogens is 1. The Hall–Kier alpha value is -2.09. The molecule has 1 aliphatic heterocycles. The number of carbonyl (C=O) groups excluding carboxylic acids is 1. The average molecular weight is 418 g/mol. The van der Waals surface area contributed by atoms with Crippen molar-refractivity contribution in [2.75, 3.05) is 36.8 Å². The number of hydrogen-bond acceptors (Lipinski definition) is 5. The van der Waals surface area contributed by atoms with Crippen molar-refractivity contribution in [3.8, 4) is 0 Å². The Labute approximate surface area is 175 Å². The van der Waals surface area contributed by atoms with Gasteiger partial charge < -0.3 is 14.4 Å². The Morgan fingerprint density at radius 1 is 1.07 bits per heavy atom. The molecule has 2 aliphatic rings. The highest BCUT2D eigenvalue weighted by Gasteiger charge is 2.24. The minimum atomic E-state index is -0.226. The van der Waals surface area contributed by atoms with E-state index < -0.39 is 0 Å². The van der Waals surface area contributed by atoms with Crippen LogP contribution < -0.4 is 4.90 Å². The summed E-state index contributed by atoms with van der Waals surface area (Å²) in [5, 5.41) is 9.47. The lowest BCUT2D eigenvalue weighted by Gasteiger charge is -2.36. The van der Waals surface area contributed by atoms with E-state index in [0.717, 1.165) is 29.8 Å². The third-order valence-corrected chi connectivity index (χ3v) is 6.85. The Bertz CT molecular complexity index is 826. The van der Waals surface area contributed by atoms with Gasteiger partial charge in [0.15, 0.2) is 5.16 Å². The summed E-state index contributed by atoms with van der Waals surface area (Å²) >= 11 is 1.50. The zero-order chi connectivity index (χ0) is 20.2. The maximum Gasteiger partial charge on any atom is 0.233 e. The summed E-state index contributed by atoms with van der Waals surface area (Å²) in [6.07, 6.45) is 6.16. The second-order valence-corrected chi connectivity index (χ2v) is 8.77. The summed E-state index contributed by atoms with van der Waals surface area (Å²) in [5.41, 5.74) is 1.00. The highest BCUT2D eigenvalue weighted by molar-refractivity contribution is 7.99. The first kappa shape index (κ1) is 20.2. The van der Waals surface area contributed by atoms with E-state index in [1.54, 1.807) is 12.1 Å². The maximum atomic E-state index is 13.1. The van der Waals surface area contributed by atoms with Gasteiger partial charge in [-0.1, -0.05) is 31.0 Å². The molecular formula is C21H28FN5OS. The minimum Gasteiger partial charge on any atom is -0.368 e. The van der Waals surface area contributed by atoms with Crippen molar-refractivity contribution in [3.63, 3.8) is 0 Å². The van der Waals surface area contributed by atoms with Crippen molar-refractivity contribution in [3.05, 3.63) is 35.9 Å². The lowest BCUT2D eigenvalue weighted by molar-refractivity contribution is -0.128. The van der Waals surface area contributed by atoms with Crippen LogP contribution in [0.3, 0.4) is 0 Å². The fourth-order valence-electron chi connectivity index (χ4n) is 4.29. The van der Waals surface area contributed by atoms with E-state index in [9.17, 15) is 9.18 Å². The van der Waals surface area contributed by atoms with Crippen molar-refractivity contribution in [2.24, 2.45) is 0 Å². The molecular weight excluding hydrogens is 389 g/mol. The number of carbonyl (C=O) groups is 1. The van der Waals surface area contributed by atoms with Crippen LogP contribution in [0.2, 0.25) is 0 Å². The molecule has 0 spiro atoms. The first-order chi connectivity index (χ1) is 14.1. The van der Waals surface area contributed by atoms with Gasteiger partial charge in [0.2, 0.25) is 5.91 Å². The lowest BCUT2D eigenvalue weighted by atomic mass is 9.95. The molecule has 4 rings (SSSR count). The molecule has 2 heterocycles.